The average molecular weight is 258 g/mol. The van der Waals surface area contributed by atoms with Gasteiger partial charge in [-0.25, -0.2) is 9.97 Å². The van der Waals surface area contributed by atoms with Gasteiger partial charge in [0.15, 0.2) is 0 Å². The second-order valence-corrected chi connectivity index (χ2v) is 4.80. The maximum absolute atomic E-state index is 11.1. The van der Waals surface area contributed by atoms with Crippen LogP contribution in [0.4, 0.5) is 5.95 Å². The second kappa shape index (κ2) is 4.46. The van der Waals surface area contributed by atoms with E-state index in [0.717, 1.165) is 22.7 Å². The molecule has 2 unspecified atom stereocenters. The number of nitrogens with zero attached hydrogens (tertiary/aromatic N) is 3. The second-order valence-electron chi connectivity index (χ2n) is 4.80. The number of aromatic nitrogens is 2. The lowest BCUT2D eigenvalue weighted by molar-refractivity contribution is 0.402. The molecule has 2 N–H and O–H groups in total. The molecule has 0 saturated heterocycles. The molecule has 2 atom stereocenters. The van der Waals surface area contributed by atoms with Crippen molar-refractivity contribution in [2.24, 2.45) is 5.18 Å². The summed E-state index contributed by atoms with van der Waals surface area (Å²) in [5, 5.41) is 3.23. The van der Waals surface area contributed by atoms with E-state index in [2.05, 4.69) is 15.1 Å². The van der Waals surface area contributed by atoms with Crippen molar-refractivity contribution in [2.75, 3.05) is 5.73 Å². The van der Waals surface area contributed by atoms with Crippen molar-refractivity contribution < 1.29 is 4.42 Å². The van der Waals surface area contributed by atoms with Crippen LogP contribution in [0.1, 0.15) is 41.1 Å². The molecule has 6 heteroatoms. The highest BCUT2D eigenvalue weighted by Crippen LogP contribution is 2.41. The molecule has 0 amide bonds. The molecule has 1 aliphatic rings. The Kier molecular flexibility index (Phi) is 2.77. The fraction of sp³-hybridized carbons (Fsp3) is 0.385. The van der Waals surface area contributed by atoms with Gasteiger partial charge < -0.3 is 10.2 Å². The monoisotopic (exact) mass is 258 g/mol. The SMILES string of the molecule is Cc1nc(N)nc2c1C(N=O)CC(c1ccco1)C2. The van der Waals surface area contributed by atoms with Gasteiger partial charge in [0, 0.05) is 23.6 Å². The number of nitrogen functional groups attached to an aromatic ring is 1. The van der Waals surface area contributed by atoms with Gasteiger partial charge in [-0.1, -0.05) is 5.18 Å². The number of nitrogens with two attached hydrogens (primary N) is 1. The largest absolute Gasteiger partial charge is 0.469 e. The fourth-order valence-electron chi connectivity index (χ4n) is 2.79. The van der Waals surface area contributed by atoms with Crippen LogP contribution in [0.3, 0.4) is 0 Å². The van der Waals surface area contributed by atoms with E-state index < -0.39 is 6.04 Å². The molecule has 0 fully saturated rings. The minimum absolute atomic E-state index is 0.110. The van der Waals surface area contributed by atoms with E-state index in [4.69, 9.17) is 10.2 Å². The van der Waals surface area contributed by atoms with Gasteiger partial charge in [-0.3, -0.25) is 0 Å². The van der Waals surface area contributed by atoms with Crippen LogP contribution in [-0.4, -0.2) is 9.97 Å². The summed E-state index contributed by atoms with van der Waals surface area (Å²) in [6, 6.07) is 3.32. The summed E-state index contributed by atoms with van der Waals surface area (Å²) in [4.78, 5) is 19.5. The minimum atomic E-state index is -0.431. The van der Waals surface area contributed by atoms with Gasteiger partial charge in [0.2, 0.25) is 5.95 Å². The number of anilines is 1. The Labute approximate surface area is 110 Å². The molecular formula is C13H14N4O2. The summed E-state index contributed by atoms with van der Waals surface area (Å²) in [5.41, 5.74) is 8.05. The summed E-state index contributed by atoms with van der Waals surface area (Å²) >= 11 is 0. The van der Waals surface area contributed by atoms with Gasteiger partial charge >= 0.3 is 0 Å². The van der Waals surface area contributed by atoms with Crippen LogP contribution in [-0.2, 0) is 6.42 Å². The first-order valence-electron chi connectivity index (χ1n) is 6.17. The number of rotatable bonds is 2. The molecule has 0 saturated carbocycles. The predicted octanol–water partition coefficient (Wildman–Crippen LogP) is 2.50. The van der Waals surface area contributed by atoms with E-state index in [9.17, 15) is 4.91 Å². The highest BCUT2D eigenvalue weighted by Gasteiger charge is 2.33. The Morgan fingerprint density at radius 1 is 1.47 bits per heavy atom. The van der Waals surface area contributed by atoms with Crippen LogP contribution in [0.25, 0.3) is 0 Å². The van der Waals surface area contributed by atoms with Crippen molar-refractivity contribution in [3.8, 4) is 0 Å². The lowest BCUT2D eigenvalue weighted by Gasteiger charge is -2.26. The van der Waals surface area contributed by atoms with Crippen molar-refractivity contribution in [3.63, 3.8) is 0 Å². The number of fused-ring (bicyclic) bond motifs is 1. The first-order chi connectivity index (χ1) is 9.19. The molecular weight excluding hydrogens is 244 g/mol. The number of nitroso groups, excluding NO2 is 1. The summed E-state index contributed by atoms with van der Waals surface area (Å²) in [7, 11) is 0. The van der Waals surface area contributed by atoms with Crippen molar-refractivity contribution in [1.29, 1.82) is 0 Å². The standard InChI is InChI=1S/C13H14N4O2/c1-7-12-9(16-13(14)15-7)5-8(6-10(12)17-18)11-3-2-4-19-11/h2-4,8,10H,5-6H2,1H3,(H2,14,15,16). The van der Waals surface area contributed by atoms with E-state index >= 15 is 0 Å². The first kappa shape index (κ1) is 11.8. The highest BCUT2D eigenvalue weighted by atomic mass is 16.3. The maximum atomic E-state index is 11.1. The quantitative estimate of drug-likeness (QED) is 0.835. The summed E-state index contributed by atoms with van der Waals surface area (Å²) in [6.45, 7) is 1.84. The third-order valence-electron chi connectivity index (χ3n) is 3.59. The Hall–Kier alpha value is -2.24. The number of hydrogen-bond acceptors (Lipinski definition) is 6. The molecule has 2 heterocycles. The third-order valence-corrected chi connectivity index (χ3v) is 3.59. The molecule has 0 aromatic carbocycles. The molecule has 3 rings (SSSR count). The van der Waals surface area contributed by atoms with Crippen LogP contribution in [0.15, 0.2) is 28.0 Å². The van der Waals surface area contributed by atoms with E-state index in [-0.39, 0.29) is 11.9 Å². The zero-order valence-corrected chi connectivity index (χ0v) is 10.5. The molecule has 2 aromatic heterocycles. The zero-order valence-electron chi connectivity index (χ0n) is 10.5. The van der Waals surface area contributed by atoms with E-state index in [1.54, 1.807) is 6.26 Å². The fourth-order valence-corrected chi connectivity index (χ4v) is 2.79. The molecule has 0 radical (unpaired) electrons. The van der Waals surface area contributed by atoms with E-state index in [1.165, 1.54) is 0 Å². The number of aryl methyl sites for hydroxylation is 1. The van der Waals surface area contributed by atoms with Gasteiger partial charge in [0.25, 0.3) is 0 Å². The van der Waals surface area contributed by atoms with Crippen LogP contribution < -0.4 is 5.73 Å². The Morgan fingerprint density at radius 2 is 2.32 bits per heavy atom. The lowest BCUT2D eigenvalue weighted by Crippen LogP contribution is -2.20. The average Bonchev–Trinajstić information content (AvgIpc) is 2.90. The smallest absolute Gasteiger partial charge is 0.220 e. The molecule has 2 aromatic rings. The molecule has 0 aliphatic heterocycles. The molecule has 0 spiro atoms. The van der Waals surface area contributed by atoms with Crippen LogP contribution in [0, 0.1) is 11.8 Å². The van der Waals surface area contributed by atoms with Crippen molar-refractivity contribution in [2.45, 2.75) is 31.7 Å². The predicted molar refractivity (Wildman–Crippen MR) is 69.5 cm³/mol. The van der Waals surface area contributed by atoms with Crippen LogP contribution in [0.2, 0.25) is 0 Å². The van der Waals surface area contributed by atoms with Crippen molar-refractivity contribution in [3.05, 3.63) is 46.0 Å². The number of hydrogen-bond donors (Lipinski definition) is 1. The molecule has 1 aliphatic carbocycles. The van der Waals surface area contributed by atoms with Crippen molar-refractivity contribution >= 4 is 5.95 Å². The van der Waals surface area contributed by atoms with Gasteiger partial charge in [0.05, 0.1) is 12.0 Å². The summed E-state index contributed by atoms with van der Waals surface area (Å²) in [6.07, 6.45) is 2.95. The van der Waals surface area contributed by atoms with Gasteiger partial charge in [0.1, 0.15) is 11.8 Å². The lowest BCUT2D eigenvalue weighted by atomic mass is 9.82. The van der Waals surface area contributed by atoms with Gasteiger partial charge in [-0.15, -0.1) is 0 Å². The molecule has 0 bridgehead atoms. The first-order valence-corrected chi connectivity index (χ1v) is 6.17. The summed E-state index contributed by atoms with van der Waals surface area (Å²) in [5.74, 6) is 1.20. The molecule has 6 nitrogen and oxygen atoms in total. The number of furan rings is 1. The van der Waals surface area contributed by atoms with E-state index in [0.29, 0.717) is 12.8 Å². The summed E-state index contributed by atoms with van der Waals surface area (Å²) < 4.78 is 5.42. The van der Waals surface area contributed by atoms with E-state index in [1.807, 2.05) is 19.1 Å². The Morgan fingerprint density at radius 3 is 3.00 bits per heavy atom. The molecule has 98 valence electrons. The molecule has 19 heavy (non-hydrogen) atoms. The Balaban J connectivity index is 2.05. The maximum Gasteiger partial charge on any atom is 0.220 e. The Bertz CT molecular complexity index is 609. The van der Waals surface area contributed by atoms with Gasteiger partial charge in [-0.05, 0) is 25.5 Å². The minimum Gasteiger partial charge on any atom is -0.469 e. The van der Waals surface area contributed by atoms with Gasteiger partial charge in [-0.2, -0.15) is 4.91 Å². The van der Waals surface area contributed by atoms with Crippen LogP contribution >= 0.6 is 0 Å². The zero-order chi connectivity index (χ0) is 13.4. The van der Waals surface area contributed by atoms with Crippen molar-refractivity contribution in [1.82, 2.24) is 9.97 Å². The normalized spacial score (nSPS) is 21.9. The van der Waals surface area contributed by atoms with Crippen LogP contribution in [0.5, 0.6) is 0 Å². The third kappa shape index (κ3) is 1.99. The highest BCUT2D eigenvalue weighted by molar-refractivity contribution is 5.37. The topological polar surface area (TPSA) is 94.4 Å².